The molecule has 22 heavy (non-hydrogen) atoms. The summed E-state index contributed by atoms with van der Waals surface area (Å²) >= 11 is 0. The average Bonchev–Trinajstić information content (AvgIpc) is 2.54. The summed E-state index contributed by atoms with van der Waals surface area (Å²) in [5.41, 5.74) is 6.43. The smallest absolute Gasteiger partial charge is 0.222 e. The van der Waals surface area contributed by atoms with Gasteiger partial charge >= 0.3 is 0 Å². The summed E-state index contributed by atoms with van der Waals surface area (Å²) in [6.45, 7) is 1.44. The number of aliphatic hydroxyl groups is 1. The summed E-state index contributed by atoms with van der Waals surface area (Å²) in [6.07, 6.45) is 5.05. The number of piperidine rings is 1. The highest BCUT2D eigenvalue weighted by Crippen LogP contribution is 2.22. The first kappa shape index (κ1) is 16.6. The first-order chi connectivity index (χ1) is 10.7. The van der Waals surface area contributed by atoms with Crippen molar-refractivity contribution in [1.82, 2.24) is 4.90 Å². The first-order valence-corrected chi connectivity index (χ1v) is 8.10. The molecule has 0 aliphatic carbocycles. The maximum Gasteiger partial charge on any atom is 0.222 e. The highest BCUT2D eigenvalue weighted by atomic mass is 16.5. The van der Waals surface area contributed by atoms with E-state index in [2.05, 4.69) is 0 Å². The third kappa shape index (κ3) is 4.63. The minimum absolute atomic E-state index is 0.144. The van der Waals surface area contributed by atoms with Crippen molar-refractivity contribution >= 4 is 11.6 Å². The second-order valence-corrected chi connectivity index (χ2v) is 5.74. The topological polar surface area (TPSA) is 75.8 Å². The van der Waals surface area contributed by atoms with Crippen LogP contribution in [0.2, 0.25) is 0 Å². The second-order valence-electron chi connectivity index (χ2n) is 5.74. The molecule has 0 aromatic heterocycles. The number of para-hydroxylation sites is 2. The molecule has 2 rings (SSSR count). The van der Waals surface area contributed by atoms with Crippen molar-refractivity contribution < 1.29 is 14.6 Å². The molecule has 0 saturated carbocycles. The summed E-state index contributed by atoms with van der Waals surface area (Å²) in [5, 5.41) is 9.11. The van der Waals surface area contributed by atoms with E-state index >= 15 is 0 Å². The van der Waals surface area contributed by atoms with E-state index in [0.717, 1.165) is 25.8 Å². The van der Waals surface area contributed by atoms with Gasteiger partial charge in [-0.1, -0.05) is 12.1 Å². The molecule has 0 bridgehead atoms. The molecule has 1 unspecified atom stereocenters. The number of carbonyl (C=O) groups is 1. The van der Waals surface area contributed by atoms with Gasteiger partial charge in [0.1, 0.15) is 5.75 Å². The van der Waals surface area contributed by atoms with Gasteiger partial charge in [0.15, 0.2) is 0 Å². The molecule has 1 saturated heterocycles. The molecule has 1 fully saturated rings. The normalized spacial score (nSPS) is 18.2. The second kappa shape index (κ2) is 8.63. The van der Waals surface area contributed by atoms with Crippen molar-refractivity contribution in [3.63, 3.8) is 0 Å². The van der Waals surface area contributed by atoms with Crippen LogP contribution in [0.5, 0.6) is 5.75 Å². The quantitative estimate of drug-likeness (QED) is 0.598. The fourth-order valence-corrected chi connectivity index (χ4v) is 2.94. The Morgan fingerprint density at radius 3 is 2.95 bits per heavy atom. The molecular weight excluding hydrogens is 280 g/mol. The van der Waals surface area contributed by atoms with Crippen LogP contribution in [0.25, 0.3) is 0 Å². The molecule has 1 amide bonds. The highest BCUT2D eigenvalue weighted by Gasteiger charge is 2.25. The predicted molar refractivity (Wildman–Crippen MR) is 86.6 cm³/mol. The standard InChI is InChI=1S/C17H26N2O3/c18-15-7-1-2-8-16(15)22-13-5-9-17(21)19-11-4-3-6-14(19)10-12-20/h1-2,7-8,14,20H,3-6,9-13,18H2. The van der Waals surface area contributed by atoms with Crippen LogP contribution in [-0.2, 0) is 4.79 Å². The van der Waals surface area contributed by atoms with Crippen molar-refractivity contribution in [3.05, 3.63) is 24.3 Å². The molecule has 1 aromatic carbocycles. The lowest BCUT2D eigenvalue weighted by Gasteiger charge is -2.35. The van der Waals surface area contributed by atoms with Gasteiger partial charge in [-0.15, -0.1) is 0 Å². The van der Waals surface area contributed by atoms with Crippen LogP contribution in [0.4, 0.5) is 5.69 Å². The van der Waals surface area contributed by atoms with Gasteiger partial charge in [-0.25, -0.2) is 0 Å². The van der Waals surface area contributed by atoms with E-state index in [-0.39, 0.29) is 18.6 Å². The van der Waals surface area contributed by atoms with E-state index < -0.39 is 0 Å². The molecule has 5 heteroatoms. The molecule has 1 heterocycles. The van der Waals surface area contributed by atoms with Crippen LogP contribution < -0.4 is 10.5 Å². The fraction of sp³-hybridized carbons (Fsp3) is 0.588. The number of amides is 1. The van der Waals surface area contributed by atoms with Gasteiger partial charge in [-0.05, 0) is 44.2 Å². The number of likely N-dealkylation sites (tertiary alicyclic amines) is 1. The van der Waals surface area contributed by atoms with Gasteiger partial charge in [0, 0.05) is 25.6 Å². The number of hydrogen-bond donors (Lipinski definition) is 2. The van der Waals surface area contributed by atoms with Gasteiger partial charge in [0.2, 0.25) is 5.91 Å². The third-order valence-electron chi connectivity index (χ3n) is 4.12. The Bertz CT molecular complexity index is 477. The van der Waals surface area contributed by atoms with Gasteiger partial charge in [0.25, 0.3) is 0 Å². The van der Waals surface area contributed by atoms with E-state index in [1.165, 1.54) is 0 Å². The van der Waals surface area contributed by atoms with E-state index in [1.807, 2.05) is 23.1 Å². The van der Waals surface area contributed by atoms with E-state index in [4.69, 9.17) is 15.6 Å². The number of rotatable bonds is 7. The van der Waals surface area contributed by atoms with Gasteiger partial charge in [0.05, 0.1) is 12.3 Å². The zero-order valence-corrected chi connectivity index (χ0v) is 13.0. The average molecular weight is 306 g/mol. The van der Waals surface area contributed by atoms with E-state index in [1.54, 1.807) is 6.07 Å². The SMILES string of the molecule is Nc1ccccc1OCCCC(=O)N1CCCCC1CCO. The summed E-state index contributed by atoms with van der Waals surface area (Å²) in [5.74, 6) is 0.842. The van der Waals surface area contributed by atoms with Gasteiger partial charge in [-0.2, -0.15) is 0 Å². The fourth-order valence-electron chi connectivity index (χ4n) is 2.94. The minimum atomic E-state index is 0.144. The summed E-state index contributed by atoms with van der Waals surface area (Å²) in [7, 11) is 0. The number of hydrogen-bond acceptors (Lipinski definition) is 4. The number of ether oxygens (including phenoxy) is 1. The molecule has 0 spiro atoms. The largest absolute Gasteiger partial charge is 0.491 e. The number of carbonyl (C=O) groups excluding carboxylic acids is 1. The van der Waals surface area contributed by atoms with Crippen LogP contribution >= 0.6 is 0 Å². The Morgan fingerprint density at radius 1 is 1.36 bits per heavy atom. The zero-order chi connectivity index (χ0) is 15.8. The van der Waals surface area contributed by atoms with Gasteiger partial charge < -0.3 is 20.5 Å². The number of aliphatic hydroxyl groups excluding tert-OH is 1. The monoisotopic (exact) mass is 306 g/mol. The van der Waals surface area contributed by atoms with Crippen molar-refractivity contribution in [1.29, 1.82) is 0 Å². The number of nitrogens with two attached hydrogens (primary N) is 1. The maximum absolute atomic E-state index is 12.3. The number of nitrogen functional groups attached to an aromatic ring is 1. The molecule has 5 nitrogen and oxygen atoms in total. The molecule has 1 aliphatic heterocycles. The highest BCUT2D eigenvalue weighted by molar-refractivity contribution is 5.76. The molecule has 1 atom stereocenters. The Kier molecular flexibility index (Phi) is 6.52. The lowest BCUT2D eigenvalue weighted by atomic mass is 9.99. The predicted octanol–water partition coefficient (Wildman–Crippen LogP) is 2.19. The van der Waals surface area contributed by atoms with Crippen molar-refractivity contribution in [3.8, 4) is 5.75 Å². The third-order valence-corrected chi connectivity index (χ3v) is 4.12. The first-order valence-electron chi connectivity index (χ1n) is 8.10. The van der Waals surface area contributed by atoms with Crippen molar-refractivity contribution in [2.24, 2.45) is 0 Å². The Morgan fingerprint density at radius 2 is 2.18 bits per heavy atom. The molecule has 0 radical (unpaired) electrons. The summed E-state index contributed by atoms with van der Waals surface area (Å²) in [4.78, 5) is 14.3. The van der Waals surface area contributed by atoms with Crippen LogP contribution in [0.15, 0.2) is 24.3 Å². The molecule has 122 valence electrons. The summed E-state index contributed by atoms with van der Waals surface area (Å²) in [6, 6.07) is 7.58. The number of anilines is 1. The lowest BCUT2D eigenvalue weighted by molar-refractivity contribution is -0.135. The Hall–Kier alpha value is -1.75. The molecule has 1 aromatic rings. The lowest BCUT2D eigenvalue weighted by Crippen LogP contribution is -2.44. The van der Waals surface area contributed by atoms with Crippen LogP contribution in [0.3, 0.4) is 0 Å². The van der Waals surface area contributed by atoms with Crippen LogP contribution in [0, 0.1) is 0 Å². The van der Waals surface area contributed by atoms with Crippen molar-refractivity contribution in [2.45, 2.75) is 44.6 Å². The summed E-state index contributed by atoms with van der Waals surface area (Å²) < 4.78 is 5.61. The van der Waals surface area contributed by atoms with E-state index in [9.17, 15) is 4.79 Å². The van der Waals surface area contributed by atoms with Crippen molar-refractivity contribution in [2.75, 3.05) is 25.5 Å². The van der Waals surface area contributed by atoms with Crippen LogP contribution in [0.1, 0.15) is 38.5 Å². The van der Waals surface area contributed by atoms with E-state index in [0.29, 0.717) is 37.3 Å². The minimum Gasteiger partial charge on any atom is -0.491 e. The molecular formula is C17H26N2O3. The molecule has 1 aliphatic rings. The Balaban J connectivity index is 1.74. The van der Waals surface area contributed by atoms with Gasteiger partial charge in [-0.3, -0.25) is 4.79 Å². The van der Waals surface area contributed by atoms with Crippen LogP contribution in [-0.4, -0.2) is 41.7 Å². The zero-order valence-electron chi connectivity index (χ0n) is 13.0. The number of nitrogens with zero attached hydrogens (tertiary/aromatic N) is 1. The Labute approximate surface area is 132 Å². The molecule has 3 N–H and O–H groups in total. The maximum atomic E-state index is 12.3. The number of benzene rings is 1.